The molecular formula is C25H27N5O2. The van der Waals surface area contributed by atoms with E-state index in [1.165, 1.54) is 0 Å². The molecule has 1 atom stereocenters. The second kappa shape index (κ2) is 9.01. The summed E-state index contributed by atoms with van der Waals surface area (Å²) >= 11 is 0. The molecule has 0 bridgehead atoms. The van der Waals surface area contributed by atoms with Gasteiger partial charge in [0, 0.05) is 51.3 Å². The maximum Gasteiger partial charge on any atom is 0.180 e. The number of ketones is 2. The van der Waals surface area contributed by atoms with Crippen molar-refractivity contribution in [3.8, 4) is 6.07 Å². The average Bonchev–Trinajstić information content (AvgIpc) is 2.79. The minimum absolute atomic E-state index is 0.0584. The van der Waals surface area contributed by atoms with Crippen LogP contribution in [0.2, 0.25) is 0 Å². The van der Waals surface area contributed by atoms with E-state index < -0.39 is 0 Å². The van der Waals surface area contributed by atoms with Crippen LogP contribution >= 0.6 is 0 Å². The SMILES string of the molecule is CCC(=O)c1ccc(N2CCN(Cc3cnc4c(c3)CC(=O)C(C)=C4)C[C@H]2C)c(C#N)n1. The largest absolute Gasteiger partial charge is 0.364 e. The number of nitriles is 1. The van der Waals surface area contributed by atoms with Crippen LogP contribution in [0.15, 0.2) is 30.0 Å². The van der Waals surface area contributed by atoms with E-state index in [0.29, 0.717) is 24.2 Å². The van der Waals surface area contributed by atoms with E-state index in [1.54, 1.807) is 13.0 Å². The van der Waals surface area contributed by atoms with Crippen molar-refractivity contribution < 1.29 is 9.59 Å². The highest BCUT2D eigenvalue weighted by atomic mass is 16.1. The third-order valence-corrected chi connectivity index (χ3v) is 6.22. The van der Waals surface area contributed by atoms with Crippen molar-refractivity contribution in [3.63, 3.8) is 0 Å². The Morgan fingerprint density at radius 3 is 2.84 bits per heavy atom. The quantitative estimate of drug-likeness (QED) is 0.674. The van der Waals surface area contributed by atoms with Crippen molar-refractivity contribution in [2.24, 2.45) is 0 Å². The lowest BCUT2D eigenvalue weighted by Crippen LogP contribution is -2.52. The van der Waals surface area contributed by atoms with Gasteiger partial charge in [-0.2, -0.15) is 5.26 Å². The predicted octanol–water partition coefficient (Wildman–Crippen LogP) is 3.18. The zero-order chi connectivity index (χ0) is 22.8. The van der Waals surface area contributed by atoms with E-state index >= 15 is 0 Å². The molecule has 0 N–H and O–H groups in total. The van der Waals surface area contributed by atoms with E-state index in [0.717, 1.165) is 54.3 Å². The molecule has 0 aromatic carbocycles. The summed E-state index contributed by atoms with van der Waals surface area (Å²) < 4.78 is 0. The number of nitrogens with zero attached hydrogens (tertiary/aromatic N) is 5. The second-order valence-corrected chi connectivity index (χ2v) is 8.55. The number of hydrogen-bond acceptors (Lipinski definition) is 7. The number of carbonyl (C=O) groups is 2. The van der Waals surface area contributed by atoms with Crippen molar-refractivity contribution in [3.05, 3.63) is 58.2 Å². The van der Waals surface area contributed by atoms with Crippen LogP contribution in [-0.2, 0) is 17.8 Å². The van der Waals surface area contributed by atoms with Gasteiger partial charge in [0.25, 0.3) is 0 Å². The normalized spacial score (nSPS) is 18.7. The van der Waals surface area contributed by atoms with Crippen LogP contribution < -0.4 is 4.90 Å². The molecule has 0 spiro atoms. The number of aromatic nitrogens is 2. The Labute approximate surface area is 188 Å². The van der Waals surface area contributed by atoms with Crippen molar-refractivity contribution in [1.29, 1.82) is 5.26 Å². The highest BCUT2D eigenvalue weighted by molar-refractivity contribution is 6.02. The fourth-order valence-corrected chi connectivity index (χ4v) is 4.42. The Kier molecular flexibility index (Phi) is 6.15. The molecule has 1 aliphatic heterocycles. The van der Waals surface area contributed by atoms with E-state index in [1.807, 2.05) is 25.3 Å². The van der Waals surface area contributed by atoms with E-state index in [9.17, 15) is 14.9 Å². The van der Waals surface area contributed by atoms with Gasteiger partial charge in [0.1, 0.15) is 11.8 Å². The van der Waals surface area contributed by atoms with E-state index in [-0.39, 0.29) is 17.6 Å². The van der Waals surface area contributed by atoms with Gasteiger partial charge in [0.15, 0.2) is 17.3 Å². The third kappa shape index (κ3) is 4.32. The second-order valence-electron chi connectivity index (χ2n) is 8.55. The topological polar surface area (TPSA) is 90.2 Å². The Hall–Kier alpha value is -3.37. The zero-order valence-corrected chi connectivity index (χ0v) is 18.8. The highest BCUT2D eigenvalue weighted by Crippen LogP contribution is 2.26. The summed E-state index contributed by atoms with van der Waals surface area (Å²) in [6, 6.07) is 8.01. The Balaban J connectivity index is 1.46. The summed E-state index contributed by atoms with van der Waals surface area (Å²) in [5.74, 6) is 0.101. The lowest BCUT2D eigenvalue weighted by Gasteiger charge is -2.41. The first-order valence-corrected chi connectivity index (χ1v) is 11.0. The molecule has 2 aromatic rings. The fourth-order valence-electron chi connectivity index (χ4n) is 4.42. The van der Waals surface area contributed by atoms with Crippen LogP contribution in [0.25, 0.3) is 6.08 Å². The zero-order valence-electron chi connectivity index (χ0n) is 18.8. The fraction of sp³-hybridized carbons (Fsp3) is 0.400. The van der Waals surface area contributed by atoms with Crippen molar-refractivity contribution in [2.45, 2.75) is 46.2 Å². The first kappa shape index (κ1) is 21.8. The molecule has 0 saturated carbocycles. The van der Waals surface area contributed by atoms with Gasteiger partial charge < -0.3 is 4.90 Å². The molecule has 7 nitrogen and oxygen atoms in total. The van der Waals surface area contributed by atoms with E-state index in [4.69, 9.17) is 0 Å². The smallest absolute Gasteiger partial charge is 0.180 e. The number of fused-ring (bicyclic) bond motifs is 1. The standard InChI is InChI=1S/C25H27N5O2/c1-4-24(31)20-5-6-23(22(12-26)28-20)30-8-7-29(14-17(30)3)15-18-10-19-11-25(32)16(2)9-21(19)27-13-18/h5-6,9-10,13,17H,4,7-8,11,14-15H2,1-3H3/t17-/m1/s1. The van der Waals surface area contributed by atoms with Crippen molar-refractivity contribution in [2.75, 3.05) is 24.5 Å². The Morgan fingerprint density at radius 1 is 1.31 bits per heavy atom. The van der Waals surface area contributed by atoms with E-state index in [2.05, 4.69) is 38.8 Å². The first-order chi connectivity index (χ1) is 15.4. The Morgan fingerprint density at radius 2 is 2.12 bits per heavy atom. The van der Waals surface area contributed by atoms with Crippen LogP contribution in [0.1, 0.15) is 60.2 Å². The number of pyridine rings is 2. The molecule has 3 heterocycles. The molecule has 7 heteroatoms. The number of anilines is 1. The number of Topliss-reactive ketones (excluding diaryl/α,β-unsaturated/α-hetero) is 2. The van der Waals surface area contributed by atoms with Crippen LogP contribution in [0.5, 0.6) is 0 Å². The number of rotatable bonds is 5. The maximum atomic E-state index is 12.0. The highest BCUT2D eigenvalue weighted by Gasteiger charge is 2.27. The minimum atomic E-state index is -0.0584. The number of allylic oxidation sites excluding steroid dienone is 1. The number of carbonyl (C=O) groups excluding carboxylic acids is 2. The molecule has 0 amide bonds. The van der Waals surface area contributed by atoms with Crippen molar-refractivity contribution in [1.82, 2.24) is 14.9 Å². The molecule has 1 fully saturated rings. The van der Waals surface area contributed by atoms with Gasteiger partial charge >= 0.3 is 0 Å². The molecule has 2 aromatic heterocycles. The van der Waals surface area contributed by atoms with Gasteiger partial charge in [0.05, 0.1) is 11.4 Å². The lowest BCUT2D eigenvalue weighted by atomic mass is 9.94. The molecule has 4 rings (SSSR count). The lowest BCUT2D eigenvalue weighted by molar-refractivity contribution is -0.114. The van der Waals surface area contributed by atoms with Crippen LogP contribution in [-0.4, -0.2) is 52.1 Å². The summed E-state index contributed by atoms with van der Waals surface area (Å²) in [6.07, 6.45) is 4.56. The summed E-state index contributed by atoms with van der Waals surface area (Å²) in [5.41, 5.74) is 5.19. The molecule has 0 unspecified atom stereocenters. The summed E-state index contributed by atoms with van der Waals surface area (Å²) in [5, 5.41) is 9.60. The van der Waals surface area contributed by atoms with Gasteiger partial charge in [-0.05, 0) is 48.8 Å². The number of piperazine rings is 1. The van der Waals surface area contributed by atoms with Gasteiger partial charge in [0.2, 0.25) is 0 Å². The first-order valence-electron chi connectivity index (χ1n) is 11.0. The minimum Gasteiger partial charge on any atom is -0.364 e. The average molecular weight is 430 g/mol. The summed E-state index contributed by atoms with van der Waals surface area (Å²) in [6.45, 7) is 8.95. The maximum absolute atomic E-state index is 12.0. The molecule has 2 aliphatic rings. The van der Waals surface area contributed by atoms with Crippen LogP contribution in [0, 0.1) is 11.3 Å². The van der Waals surface area contributed by atoms with Gasteiger partial charge in [-0.25, -0.2) is 4.98 Å². The molecule has 1 saturated heterocycles. The monoisotopic (exact) mass is 429 g/mol. The molecule has 1 aliphatic carbocycles. The molecule has 32 heavy (non-hydrogen) atoms. The van der Waals surface area contributed by atoms with Gasteiger partial charge in [-0.1, -0.05) is 13.0 Å². The molecular weight excluding hydrogens is 402 g/mol. The third-order valence-electron chi connectivity index (χ3n) is 6.22. The van der Waals surface area contributed by atoms with Gasteiger partial charge in [-0.15, -0.1) is 0 Å². The summed E-state index contributed by atoms with van der Waals surface area (Å²) in [7, 11) is 0. The van der Waals surface area contributed by atoms with Crippen LogP contribution in [0.4, 0.5) is 5.69 Å². The predicted molar refractivity (Wildman–Crippen MR) is 122 cm³/mol. The van der Waals surface area contributed by atoms with Gasteiger partial charge in [-0.3, -0.25) is 19.5 Å². The molecule has 164 valence electrons. The summed E-state index contributed by atoms with van der Waals surface area (Å²) in [4.78, 5) is 37.4. The van der Waals surface area contributed by atoms with Crippen LogP contribution in [0.3, 0.4) is 0 Å². The number of hydrogen-bond donors (Lipinski definition) is 0. The molecule has 0 radical (unpaired) electrons. The Bertz CT molecular complexity index is 1150. The van der Waals surface area contributed by atoms with Crippen molar-refractivity contribution >= 4 is 23.3 Å².